The number of carbonyl (C=O) groups excluding carboxylic acids is 1. The summed E-state index contributed by atoms with van der Waals surface area (Å²) in [5.41, 5.74) is 4.18. The third-order valence-corrected chi connectivity index (χ3v) is 4.79. The van der Waals surface area contributed by atoms with E-state index in [4.69, 9.17) is 4.74 Å². The molecule has 138 valence electrons. The summed E-state index contributed by atoms with van der Waals surface area (Å²) in [5, 5.41) is 4.01. The molecule has 1 amide bonds. The fraction of sp³-hybridized carbons (Fsp3) is 0.273. The maximum absolute atomic E-state index is 13.8. The molecule has 0 bridgehead atoms. The Balaban J connectivity index is 1.66. The summed E-state index contributed by atoms with van der Waals surface area (Å²) >= 11 is 0. The zero-order valence-corrected chi connectivity index (χ0v) is 15.4. The van der Waals surface area contributed by atoms with E-state index in [-0.39, 0.29) is 11.7 Å². The van der Waals surface area contributed by atoms with Crippen molar-refractivity contribution in [3.8, 4) is 17.0 Å². The summed E-state index contributed by atoms with van der Waals surface area (Å²) in [5.74, 6) is 0.161. The lowest BCUT2D eigenvalue weighted by atomic mass is 10.0. The van der Waals surface area contributed by atoms with Gasteiger partial charge >= 0.3 is 0 Å². The van der Waals surface area contributed by atoms with E-state index < -0.39 is 0 Å². The number of amides is 1. The number of pyridine rings is 1. The van der Waals surface area contributed by atoms with Crippen LogP contribution in [0.25, 0.3) is 22.2 Å². The second kappa shape index (κ2) is 6.99. The number of ether oxygens (including phenoxy) is 1. The van der Waals surface area contributed by atoms with E-state index >= 15 is 0 Å². The topological polar surface area (TPSA) is 51.2 Å². The van der Waals surface area contributed by atoms with Crippen molar-refractivity contribution in [3.63, 3.8) is 0 Å². The van der Waals surface area contributed by atoms with Gasteiger partial charge in [0.25, 0.3) is 0 Å². The number of fused-ring (bicyclic) bond motifs is 1. The Morgan fingerprint density at radius 1 is 1.22 bits per heavy atom. The van der Waals surface area contributed by atoms with E-state index in [1.54, 1.807) is 6.07 Å². The van der Waals surface area contributed by atoms with E-state index in [1.807, 2.05) is 31.2 Å². The van der Waals surface area contributed by atoms with Gasteiger partial charge in [0.05, 0.1) is 24.7 Å². The van der Waals surface area contributed by atoms with Crippen LogP contribution in [0.4, 0.5) is 4.39 Å². The van der Waals surface area contributed by atoms with E-state index in [1.165, 1.54) is 19.2 Å². The molecule has 1 N–H and O–H groups in total. The Hall–Kier alpha value is -2.95. The molecule has 5 heteroatoms. The molecule has 1 aliphatic rings. The second-order valence-corrected chi connectivity index (χ2v) is 7.07. The lowest BCUT2D eigenvalue weighted by molar-refractivity contribution is -0.120. The van der Waals surface area contributed by atoms with E-state index in [2.05, 4.69) is 10.3 Å². The first-order valence-electron chi connectivity index (χ1n) is 9.06. The Bertz CT molecular complexity index is 1030. The number of carbonyl (C=O) groups is 1. The van der Waals surface area contributed by atoms with Crippen LogP contribution in [0.15, 0.2) is 42.5 Å². The first-order chi connectivity index (χ1) is 13.0. The molecule has 0 spiro atoms. The molecule has 4 rings (SSSR count). The number of aryl methyl sites for hydroxylation is 1. The molecule has 1 fully saturated rings. The van der Waals surface area contributed by atoms with Crippen LogP contribution in [0, 0.1) is 12.7 Å². The molecular weight excluding hydrogens is 343 g/mol. The minimum absolute atomic E-state index is 0.0611. The zero-order valence-electron chi connectivity index (χ0n) is 15.4. The van der Waals surface area contributed by atoms with Gasteiger partial charge < -0.3 is 10.1 Å². The Kier molecular flexibility index (Phi) is 4.52. The molecule has 27 heavy (non-hydrogen) atoms. The van der Waals surface area contributed by atoms with Crippen LogP contribution in [0.3, 0.4) is 0 Å². The molecule has 3 aromatic rings. The van der Waals surface area contributed by atoms with Crippen molar-refractivity contribution in [1.82, 2.24) is 10.3 Å². The standard InChI is InChI=1S/C22H21FN2O2/c1-13-7-21(15-10-16(23)12-18(11-15)27-2)25-20-6-3-14(8-19(13)20)9-22(26)24-17-4-5-17/h3,6-8,10-12,17H,4-5,9H2,1-2H3,(H,24,26). The minimum Gasteiger partial charge on any atom is -0.497 e. The highest BCUT2D eigenvalue weighted by Gasteiger charge is 2.23. The summed E-state index contributed by atoms with van der Waals surface area (Å²) in [6, 6.07) is 12.7. The molecule has 0 atom stereocenters. The van der Waals surface area contributed by atoms with Crippen LogP contribution in [-0.4, -0.2) is 24.0 Å². The largest absolute Gasteiger partial charge is 0.497 e. The number of methoxy groups -OCH3 is 1. The maximum Gasteiger partial charge on any atom is 0.224 e. The molecule has 0 saturated heterocycles. The smallest absolute Gasteiger partial charge is 0.224 e. The van der Waals surface area contributed by atoms with Crippen LogP contribution in [0.2, 0.25) is 0 Å². The number of nitrogens with one attached hydrogen (secondary N) is 1. The quantitative estimate of drug-likeness (QED) is 0.739. The van der Waals surface area contributed by atoms with Crippen LogP contribution in [0.5, 0.6) is 5.75 Å². The number of halogens is 1. The molecule has 1 heterocycles. The SMILES string of the molecule is COc1cc(F)cc(-c2cc(C)c3cc(CC(=O)NC4CC4)ccc3n2)c1. The predicted octanol–water partition coefficient (Wildman–Crippen LogP) is 4.18. The molecule has 1 aliphatic carbocycles. The van der Waals surface area contributed by atoms with Crippen molar-refractivity contribution >= 4 is 16.8 Å². The number of hydrogen-bond donors (Lipinski definition) is 1. The molecule has 0 aliphatic heterocycles. The zero-order chi connectivity index (χ0) is 19.0. The number of hydrogen-bond acceptors (Lipinski definition) is 3. The fourth-order valence-electron chi connectivity index (χ4n) is 3.22. The molecule has 4 nitrogen and oxygen atoms in total. The van der Waals surface area contributed by atoms with Crippen LogP contribution < -0.4 is 10.1 Å². The number of rotatable bonds is 5. The average Bonchev–Trinajstić information content (AvgIpc) is 3.45. The summed E-state index contributed by atoms with van der Waals surface area (Å²) in [4.78, 5) is 16.7. The summed E-state index contributed by atoms with van der Waals surface area (Å²) < 4.78 is 19.0. The molecule has 0 unspecified atom stereocenters. The second-order valence-electron chi connectivity index (χ2n) is 7.07. The van der Waals surface area contributed by atoms with Crippen LogP contribution >= 0.6 is 0 Å². The minimum atomic E-state index is -0.360. The molecule has 1 saturated carbocycles. The first-order valence-corrected chi connectivity index (χ1v) is 9.06. The van der Waals surface area contributed by atoms with E-state index in [0.717, 1.165) is 34.9 Å². The molecule has 0 radical (unpaired) electrons. The van der Waals surface area contributed by atoms with Crippen molar-refractivity contribution in [2.45, 2.75) is 32.2 Å². The van der Waals surface area contributed by atoms with Gasteiger partial charge in [0.2, 0.25) is 5.91 Å². The Morgan fingerprint density at radius 2 is 2.04 bits per heavy atom. The summed E-state index contributed by atoms with van der Waals surface area (Å²) in [6.45, 7) is 2.00. The lowest BCUT2D eigenvalue weighted by Crippen LogP contribution is -2.26. The Morgan fingerprint density at radius 3 is 2.78 bits per heavy atom. The van der Waals surface area contributed by atoms with Gasteiger partial charge in [-0.1, -0.05) is 6.07 Å². The average molecular weight is 364 g/mol. The fourth-order valence-corrected chi connectivity index (χ4v) is 3.22. The maximum atomic E-state index is 13.8. The van der Waals surface area contributed by atoms with Crippen molar-refractivity contribution in [2.24, 2.45) is 0 Å². The lowest BCUT2D eigenvalue weighted by Gasteiger charge is -2.10. The first kappa shape index (κ1) is 17.5. The van der Waals surface area contributed by atoms with Gasteiger partial charge in [0.15, 0.2) is 0 Å². The highest BCUT2D eigenvalue weighted by atomic mass is 19.1. The third-order valence-electron chi connectivity index (χ3n) is 4.79. The monoisotopic (exact) mass is 364 g/mol. The summed E-state index contributed by atoms with van der Waals surface area (Å²) in [6.07, 6.45) is 2.54. The Labute approximate surface area is 157 Å². The van der Waals surface area contributed by atoms with Crippen molar-refractivity contribution in [3.05, 3.63) is 59.4 Å². The van der Waals surface area contributed by atoms with Gasteiger partial charge in [0.1, 0.15) is 11.6 Å². The van der Waals surface area contributed by atoms with Gasteiger partial charge in [-0.3, -0.25) is 4.79 Å². The van der Waals surface area contributed by atoms with E-state index in [0.29, 0.717) is 29.5 Å². The number of aromatic nitrogens is 1. The highest BCUT2D eigenvalue weighted by Crippen LogP contribution is 2.28. The van der Waals surface area contributed by atoms with Crippen LogP contribution in [-0.2, 0) is 11.2 Å². The van der Waals surface area contributed by atoms with Crippen molar-refractivity contribution in [1.29, 1.82) is 0 Å². The van der Waals surface area contributed by atoms with Crippen LogP contribution in [0.1, 0.15) is 24.0 Å². The molecular formula is C22H21FN2O2. The number of benzene rings is 2. The van der Waals surface area contributed by atoms with E-state index in [9.17, 15) is 9.18 Å². The third kappa shape index (κ3) is 3.92. The van der Waals surface area contributed by atoms with Gasteiger partial charge in [0, 0.05) is 23.1 Å². The predicted molar refractivity (Wildman–Crippen MR) is 103 cm³/mol. The van der Waals surface area contributed by atoms with Gasteiger partial charge in [-0.25, -0.2) is 9.37 Å². The van der Waals surface area contributed by atoms with Gasteiger partial charge in [-0.05, 0) is 61.2 Å². The normalized spacial score (nSPS) is 13.6. The number of nitrogens with zero attached hydrogens (tertiary/aromatic N) is 1. The van der Waals surface area contributed by atoms with Gasteiger partial charge in [-0.2, -0.15) is 0 Å². The highest BCUT2D eigenvalue weighted by molar-refractivity contribution is 5.87. The van der Waals surface area contributed by atoms with Crippen molar-refractivity contribution in [2.75, 3.05) is 7.11 Å². The molecule has 1 aromatic heterocycles. The van der Waals surface area contributed by atoms with Crippen molar-refractivity contribution < 1.29 is 13.9 Å². The summed E-state index contributed by atoms with van der Waals surface area (Å²) in [7, 11) is 1.51. The van der Waals surface area contributed by atoms with Gasteiger partial charge in [-0.15, -0.1) is 0 Å². The molecule has 2 aromatic carbocycles.